The van der Waals surface area contributed by atoms with Gasteiger partial charge in [-0.25, -0.2) is 4.79 Å². The van der Waals surface area contributed by atoms with E-state index < -0.39 is 0 Å². The summed E-state index contributed by atoms with van der Waals surface area (Å²) < 4.78 is 5.18. The number of carbonyl (C=O) groups is 1. The van der Waals surface area contributed by atoms with Gasteiger partial charge in [0.1, 0.15) is 0 Å². The minimum atomic E-state index is -0.112. The van der Waals surface area contributed by atoms with E-state index >= 15 is 0 Å². The third-order valence-corrected chi connectivity index (χ3v) is 2.45. The van der Waals surface area contributed by atoms with Crippen LogP contribution in [-0.4, -0.2) is 47.4 Å². The van der Waals surface area contributed by atoms with Gasteiger partial charge < -0.3 is 15.0 Å². The van der Waals surface area contributed by atoms with Crippen molar-refractivity contribution in [1.29, 1.82) is 0 Å². The minimum Gasteiger partial charge on any atom is -0.378 e. The molecule has 0 unspecified atom stereocenters. The molecule has 16 heavy (non-hydrogen) atoms. The Hall–Kier alpha value is -1.69. The maximum Gasteiger partial charge on any atom is 0.322 e. The summed E-state index contributed by atoms with van der Waals surface area (Å²) in [5.41, 5.74) is 1.41. The second kappa shape index (κ2) is 4.89. The molecule has 0 aromatic carbocycles. The molecule has 0 aliphatic carbocycles. The van der Waals surface area contributed by atoms with Crippen LogP contribution in [0.5, 0.6) is 0 Å². The Bertz CT molecular complexity index is 377. The number of hydrogen-bond donors (Lipinski definition) is 1. The molecule has 86 valence electrons. The molecule has 1 saturated heterocycles. The number of nitrogens with zero attached hydrogens (tertiary/aromatic N) is 3. The molecule has 0 atom stereocenters. The maximum atomic E-state index is 11.8. The van der Waals surface area contributed by atoms with Crippen molar-refractivity contribution < 1.29 is 9.53 Å². The average molecular weight is 222 g/mol. The number of amides is 2. The van der Waals surface area contributed by atoms with E-state index in [-0.39, 0.29) is 6.03 Å². The molecule has 1 aliphatic rings. The van der Waals surface area contributed by atoms with Crippen LogP contribution in [0.1, 0.15) is 5.69 Å². The zero-order valence-corrected chi connectivity index (χ0v) is 9.14. The Morgan fingerprint density at radius 2 is 2.25 bits per heavy atom. The highest BCUT2D eigenvalue weighted by Crippen LogP contribution is 2.10. The summed E-state index contributed by atoms with van der Waals surface area (Å²) in [6.45, 7) is 4.26. The predicted molar refractivity (Wildman–Crippen MR) is 58.2 cm³/mol. The normalized spacial score (nSPS) is 15.9. The third-order valence-electron chi connectivity index (χ3n) is 2.45. The van der Waals surface area contributed by atoms with E-state index in [2.05, 4.69) is 15.5 Å². The Labute approximate surface area is 93.6 Å². The number of anilines is 1. The Balaban J connectivity index is 1.99. The van der Waals surface area contributed by atoms with Crippen LogP contribution in [0.4, 0.5) is 10.5 Å². The van der Waals surface area contributed by atoms with Gasteiger partial charge in [0.2, 0.25) is 0 Å². The van der Waals surface area contributed by atoms with E-state index in [1.54, 1.807) is 17.2 Å². The van der Waals surface area contributed by atoms with Gasteiger partial charge in [0.05, 0.1) is 30.8 Å². The number of rotatable bonds is 1. The van der Waals surface area contributed by atoms with Crippen LogP contribution in [0, 0.1) is 6.92 Å². The fourth-order valence-corrected chi connectivity index (χ4v) is 1.50. The SMILES string of the molecule is Cc1nnccc1NC(=O)N1CCOCC1. The molecule has 0 radical (unpaired) electrons. The van der Waals surface area contributed by atoms with Gasteiger partial charge in [-0.3, -0.25) is 0 Å². The van der Waals surface area contributed by atoms with Crippen LogP contribution < -0.4 is 5.32 Å². The molecule has 1 aromatic heterocycles. The second-order valence-corrected chi connectivity index (χ2v) is 3.56. The van der Waals surface area contributed by atoms with Crippen molar-refractivity contribution in [3.05, 3.63) is 18.0 Å². The number of aromatic nitrogens is 2. The summed E-state index contributed by atoms with van der Waals surface area (Å²) in [7, 11) is 0. The highest BCUT2D eigenvalue weighted by atomic mass is 16.5. The summed E-state index contributed by atoms with van der Waals surface area (Å²) in [5, 5.41) is 10.4. The van der Waals surface area contributed by atoms with Crippen molar-refractivity contribution in [2.45, 2.75) is 6.92 Å². The molecule has 2 rings (SSSR count). The highest BCUT2D eigenvalue weighted by Gasteiger charge is 2.17. The maximum absolute atomic E-state index is 11.8. The Morgan fingerprint density at radius 3 is 2.94 bits per heavy atom. The van der Waals surface area contributed by atoms with Gasteiger partial charge in [0.25, 0.3) is 0 Å². The van der Waals surface area contributed by atoms with Gasteiger partial charge in [0.15, 0.2) is 0 Å². The van der Waals surface area contributed by atoms with Crippen LogP contribution in [0.25, 0.3) is 0 Å². The van der Waals surface area contributed by atoms with Crippen molar-refractivity contribution in [1.82, 2.24) is 15.1 Å². The lowest BCUT2D eigenvalue weighted by atomic mass is 10.3. The Morgan fingerprint density at radius 1 is 1.50 bits per heavy atom. The van der Waals surface area contributed by atoms with E-state index in [1.807, 2.05) is 6.92 Å². The molecule has 6 nitrogen and oxygen atoms in total. The lowest BCUT2D eigenvalue weighted by Crippen LogP contribution is -2.43. The molecule has 0 spiro atoms. The highest BCUT2D eigenvalue weighted by molar-refractivity contribution is 5.89. The number of ether oxygens (including phenoxy) is 1. The third kappa shape index (κ3) is 2.46. The Kier molecular flexibility index (Phi) is 3.31. The summed E-state index contributed by atoms with van der Waals surface area (Å²) in [6.07, 6.45) is 1.56. The van der Waals surface area contributed by atoms with Crippen LogP contribution in [-0.2, 0) is 4.74 Å². The zero-order chi connectivity index (χ0) is 11.4. The van der Waals surface area contributed by atoms with Crippen LogP contribution in [0.15, 0.2) is 12.3 Å². The van der Waals surface area contributed by atoms with Crippen molar-refractivity contribution in [2.75, 3.05) is 31.6 Å². The van der Waals surface area contributed by atoms with Crippen LogP contribution >= 0.6 is 0 Å². The fraction of sp³-hybridized carbons (Fsp3) is 0.500. The minimum absolute atomic E-state index is 0.112. The molecule has 1 aliphatic heterocycles. The smallest absolute Gasteiger partial charge is 0.322 e. The van der Waals surface area contributed by atoms with Crippen molar-refractivity contribution >= 4 is 11.7 Å². The molecule has 0 saturated carbocycles. The monoisotopic (exact) mass is 222 g/mol. The topological polar surface area (TPSA) is 67.4 Å². The van der Waals surface area contributed by atoms with Gasteiger partial charge in [-0.05, 0) is 13.0 Å². The first-order chi connectivity index (χ1) is 7.77. The van der Waals surface area contributed by atoms with Gasteiger partial charge >= 0.3 is 6.03 Å². The van der Waals surface area contributed by atoms with Crippen molar-refractivity contribution in [3.63, 3.8) is 0 Å². The molecular formula is C10H14N4O2. The van der Waals surface area contributed by atoms with Crippen LogP contribution in [0.3, 0.4) is 0 Å². The van der Waals surface area contributed by atoms with Gasteiger partial charge in [0, 0.05) is 13.1 Å². The van der Waals surface area contributed by atoms with Gasteiger partial charge in [-0.1, -0.05) is 0 Å². The quantitative estimate of drug-likeness (QED) is 0.757. The second-order valence-electron chi connectivity index (χ2n) is 3.56. The molecular weight excluding hydrogens is 208 g/mol. The molecule has 2 heterocycles. The van der Waals surface area contributed by atoms with E-state index in [9.17, 15) is 4.79 Å². The molecule has 6 heteroatoms. The lowest BCUT2D eigenvalue weighted by Gasteiger charge is -2.27. The number of aryl methyl sites for hydroxylation is 1. The van der Waals surface area contributed by atoms with Gasteiger partial charge in [-0.15, -0.1) is 0 Å². The number of urea groups is 1. The predicted octanol–water partition coefficient (Wildman–Crippen LogP) is 0.649. The summed E-state index contributed by atoms with van der Waals surface area (Å²) in [5.74, 6) is 0. The number of carbonyl (C=O) groups excluding carboxylic acids is 1. The molecule has 1 aromatic rings. The summed E-state index contributed by atoms with van der Waals surface area (Å²) >= 11 is 0. The largest absolute Gasteiger partial charge is 0.378 e. The van der Waals surface area contributed by atoms with E-state index in [0.29, 0.717) is 37.7 Å². The van der Waals surface area contributed by atoms with E-state index in [1.165, 1.54) is 0 Å². The molecule has 1 fully saturated rings. The standard InChI is InChI=1S/C10H14N4O2/c1-8-9(2-3-11-13-8)12-10(15)14-4-6-16-7-5-14/h2-3H,4-7H2,1H3,(H,11,12,15). The number of morpholine rings is 1. The van der Waals surface area contributed by atoms with Crippen molar-refractivity contribution in [2.24, 2.45) is 0 Å². The average Bonchev–Trinajstić information content (AvgIpc) is 2.33. The first-order valence-corrected chi connectivity index (χ1v) is 5.19. The first kappa shape index (κ1) is 10.8. The lowest BCUT2D eigenvalue weighted by molar-refractivity contribution is 0.0564. The summed E-state index contributed by atoms with van der Waals surface area (Å²) in [4.78, 5) is 13.6. The zero-order valence-electron chi connectivity index (χ0n) is 9.14. The van der Waals surface area contributed by atoms with Gasteiger partial charge in [-0.2, -0.15) is 10.2 Å². The van der Waals surface area contributed by atoms with E-state index in [4.69, 9.17) is 4.74 Å². The first-order valence-electron chi connectivity index (χ1n) is 5.19. The van der Waals surface area contributed by atoms with E-state index in [0.717, 1.165) is 0 Å². The van der Waals surface area contributed by atoms with Crippen LogP contribution in [0.2, 0.25) is 0 Å². The number of hydrogen-bond acceptors (Lipinski definition) is 4. The van der Waals surface area contributed by atoms with Crippen molar-refractivity contribution in [3.8, 4) is 0 Å². The number of nitrogens with one attached hydrogen (secondary N) is 1. The molecule has 1 N–H and O–H groups in total. The fourth-order valence-electron chi connectivity index (χ4n) is 1.50. The summed E-state index contributed by atoms with van der Waals surface area (Å²) in [6, 6.07) is 1.63. The molecule has 2 amide bonds. The molecule has 0 bridgehead atoms.